The molecule has 0 radical (unpaired) electrons. The number of amides is 2. The smallest absolute Gasteiger partial charge is 0.319 e. The second-order valence-electron chi connectivity index (χ2n) is 4.39. The monoisotopic (exact) mass is 336 g/mol. The first-order chi connectivity index (χ1) is 9.54. The number of aryl methyl sites for hydroxylation is 1. The van der Waals surface area contributed by atoms with Crippen LogP contribution in [0.5, 0.6) is 0 Å². The molecule has 0 atom stereocenters. The number of halogens is 2. The van der Waals surface area contributed by atoms with Crippen LogP contribution in [0.25, 0.3) is 0 Å². The van der Waals surface area contributed by atoms with Crippen LogP contribution in [0.1, 0.15) is 11.1 Å². The lowest BCUT2D eigenvalue weighted by Crippen LogP contribution is -2.28. The normalized spacial score (nSPS) is 10.2. The molecule has 0 heterocycles. The number of rotatable bonds is 3. The van der Waals surface area contributed by atoms with Gasteiger partial charge in [-0.1, -0.05) is 28.1 Å². The van der Waals surface area contributed by atoms with Gasteiger partial charge in [0.2, 0.25) is 0 Å². The van der Waals surface area contributed by atoms with E-state index in [4.69, 9.17) is 0 Å². The molecule has 2 aromatic rings. The van der Waals surface area contributed by atoms with Gasteiger partial charge >= 0.3 is 6.03 Å². The van der Waals surface area contributed by atoms with Crippen LogP contribution in [0.15, 0.2) is 46.9 Å². The minimum atomic E-state index is -0.292. The largest absolute Gasteiger partial charge is 0.334 e. The zero-order valence-corrected chi connectivity index (χ0v) is 12.5. The fourth-order valence-electron chi connectivity index (χ4n) is 1.72. The molecule has 0 bridgehead atoms. The maximum Gasteiger partial charge on any atom is 0.319 e. The van der Waals surface area contributed by atoms with Gasteiger partial charge in [-0.15, -0.1) is 0 Å². The topological polar surface area (TPSA) is 41.1 Å². The van der Waals surface area contributed by atoms with Gasteiger partial charge in [0.15, 0.2) is 0 Å². The Morgan fingerprint density at radius 3 is 2.55 bits per heavy atom. The minimum absolute atomic E-state index is 0.288. The molecular weight excluding hydrogens is 323 g/mol. The summed E-state index contributed by atoms with van der Waals surface area (Å²) in [6.45, 7) is 2.27. The molecule has 0 aliphatic heterocycles. The second kappa shape index (κ2) is 6.52. The zero-order valence-electron chi connectivity index (χ0n) is 10.9. The molecule has 0 saturated carbocycles. The molecule has 0 spiro atoms. The van der Waals surface area contributed by atoms with Crippen molar-refractivity contribution in [2.45, 2.75) is 13.5 Å². The van der Waals surface area contributed by atoms with Crippen LogP contribution in [-0.4, -0.2) is 6.03 Å². The van der Waals surface area contributed by atoms with Crippen molar-refractivity contribution < 1.29 is 9.18 Å². The quantitative estimate of drug-likeness (QED) is 0.865. The lowest BCUT2D eigenvalue weighted by Gasteiger charge is -2.10. The standard InChI is InChI=1S/C15H14BrFN2O/c1-10-8-12(16)4-7-14(10)19-15(20)18-9-11-2-5-13(17)6-3-11/h2-8H,9H2,1H3,(H2,18,19,20). The number of hydrogen-bond donors (Lipinski definition) is 2. The van der Waals surface area contributed by atoms with E-state index in [9.17, 15) is 9.18 Å². The Morgan fingerprint density at radius 2 is 1.90 bits per heavy atom. The Morgan fingerprint density at radius 1 is 1.20 bits per heavy atom. The van der Waals surface area contributed by atoms with Gasteiger partial charge < -0.3 is 10.6 Å². The summed E-state index contributed by atoms with van der Waals surface area (Å²) in [5, 5.41) is 5.50. The van der Waals surface area contributed by atoms with Crippen LogP contribution >= 0.6 is 15.9 Å². The van der Waals surface area contributed by atoms with E-state index in [-0.39, 0.29) is 11.8 Å². The van der Waals surface area contributed by atoms with Crippen LogP contribution in [0, 0.1) is 12.7 Å². The van der Waals surface area contributed by atoms with Gasteiger partial charge in [-0.2, -0.15) is 0 Å². The summed E-state index contributed by atoms with van der Waals surface area (Å²) in [6.07, 6.45) is 0. The molecule has 3 nitrogen and oxygen atoms in total. The SMILES string of the molecule is Cc1cc(Br)ccc1NC(=O)NCc1ccc(F)cc1. The first-order valence-electron chi connectivity index (χ1n) is 6.10. The second-order valence-corrected chi connectivity index (χ2v) is 5.31. The summed E-state index contributed by atoms with van der Waals surface area (Å²) in [6, 6.07) is 11.3. The van der Waals surface area contributed by atoms with Crippen molar-refractivity contribution in [2.24, 2.45) is 0 Å². The van der Waals surface area contributed by atoms with Crippen LogP contribution in [0.3, 0.4) is 0 Å². The Labute approximate surface area is 125 Å². The number of carbonyl (C=O) groups is 1. The Kier molecular flexibility index (Phi) is 4.74. The van der Waals surface area contributed by atoms with Crippen molar-refractivity contribution in [3.8, 4) is 0 Å². The number of urea groups is 1. The molecule has 0 aliphatic carbocycles. The van der Waals surface area contributed by atoms with E-state index in [0.717, 1.165) is 21.3 Å². The summed E-state index contributed by atoms with van der Waals surface area (Å²) in [5.41, 5.74) is 2.56. The maximum atomic E-state index is 12.7. The number of anilines is 1. The highest BCUT2D eigenvalue weighted by Crippen LogP contribution is 2.19. The van der Waals surface area contributed by atoms with E-state index in [1.807, 2.05) is 25.1 Å². The van der Waals surface area contributed by atoms with E-state index in [1.165, 1.54) is 12.1 Å². The molecule has 0 aliphatic rings. The fraction of sp³-hybridized carbons (Fsp3) is 0.133. The third-order valence-corrected chi connectivity index (χ3v) is 3.30. The highest BCUT2D eigenvalue weighted by Gasteiger charge is 2.04. The molecule has 2 N–H and O–H groups in total. The average molecular weight is 337 g/mol. The first-order valence-corrected chi connectivity index (χ1v) is 6.89. The number of hydrogen-bond acceptors (Lipinski definition) is 1. The van der Waals surface area contributed by atoms with E-state index < -0.39 is 0 Å². The number of carbonyl (C=O) groups excluding carboxylic acids is 1. The molecule has 20 heavy (non-hydrogen) atoms. The molecular formula is C15H14BrFN2O. The Bertz CT molecular complexity index is 614. The zero-order chi connectivity index (χ0) is 14.5. The van der Waals surface area contributed by atoms with E-state index in [0.29, 0.717) is 6.54 Å². The van der Waals surface area contributed by atoms with E-state index in [1.54, 1.807) is 12.1 Å². The van der Waals surface area contributed by atoms with Crippen LogP contribution in [0.4, 0.5) is 14.9 Å². The highest BCUT2D eigenvalue weighted by molar-refractivity contribution is 9.10. The summed E-state index contributed by atoms with van der Waals surface area (Å²) in [5.74, 6) is -0.288. The van der Waals surface area contributed by atoms with Crippen molar-refractivity contribution in [3.05, 3.63) is 63.9 Å². The summed E-state index contributed by atoms with van der Waals surface area (Å²) >= 11 is 3.37. The summed E-state index contributed by atoms with van der Waals surface area (Å²) < 4.78 is 13.7. The fourth-order valence-corrected chi connectivity index (χ4v) is 2.19. The van der Waals surface area contributed by atoms with Crippen molar-refractivity contribution >= 4 is 27.6 Å². The van der Waals surface area contributed by atoms with Crippen LogP contribution in [0.2, 0.25) is 0 Å². The van der Waals surface area contributed by atoms with Gasteiger partial charge in [0, 0.05) is 16.7 Å². The molecule has 5 heteroatoms. The Balaban J connectivity index is 1.90. The average Bonchev–Trinajstić information content (AvgIpc) is 2.41. The molecule has 104 valence electrons. The van der Waals surface area contributed by atoms with Crippen LogP contribution in [-0.2, 0) is 6.54 Å². The van der Waals surface area contributed by atoms with Crippen molar-refractivity contribution in [1.29, 1.82) is 0 Å². The number of benzene rings is 2. The lowest BCUT2D eigenvalue weighted by molar-refractivity contribution is 0.251. The molecule has 0 saturated heterocycles. The molecule has 2 amide bonds. The first kappa shape index (κ1) is 14.5. The third-order valence-electron chi connectivity index (χ3n) is 2.80. The van der Waals surface area contributed by atoms with Gasteiger partial charge in [0.25, 0.3) is 0 Å². The lowest BCUT2D eigenvalue weighted by atomic mass is 10.2. The molecule has 0 fully saturated rings. The third kappa shape index (κ3) is 4.06. The van der Waals surface area contributed by atoms with Crippen molar-refractivity contribution in [1.82, 2.24) is 5.32 Å². The highest BCUT2D eigenvalue weighted by atomic mass is 79.9. The molecule has 0 aromatic heterocycles. The van der Waals surface area contributed by atoms with Gasteiger partial charge in [0.05, 0.1) is 0 Å². The number of nitrogens with one attached hydrogen (secondary N) is 2. The molecule has 0 unspecified atom stereocenters. The van der Waals surface area contributed by atoms with Gasteiger partial charge in [-0.25, -0.2) is 9.18 Å². The van der Waals surface area contributed by atoms with Crippen LogP contribution < -0.4 is 10.6 Å². The van der Waals surface area contributed by atoms with Crippen molar-refractivity contribution in [2.75, 3.05) is 5.32 Å². The predicted molar refractivity (Wildman–Crippen MR) is 81.1 cm³/mol. The summed E-state index contributed by atoms with van der Waals surface area (Å²) in [4.78, 5) is 11.8. The van der Waals surface area contributed by atoms with E-state index in [2.05, 4.69) is 26.6 Å². The van der Waals surface area contributed by atoms with Gasteiger partial charge in [0.1, 0.15) is 5.82 Å². The predicted octanol–water partition coefficient (Wildman–Crippen LogP) is 4.22. The van der Waals surface area contributed by atoms with Crippen molar-refractivity contribution in [3.63, 3.8) is 0 Å². The van der Waals surface area contributed by atoms with Gasteiger partial charge in [-0.05, 0) is 48.4 Å². The van der Waals surface area contributed by atoms with Gasteiger partial charge in [-0.3, -0.25) is 0 Å². The Hall–Kier alpha value is -1.88. The van der Waals surface area contributed by atoms with E-state index >= 15 is 0 Å². The summed E-state index contributed by atoms with van der Waals surface area (Å²) in [7, 11) is 0. The molecule has 2 rings (SSSR count). The molecule has 2 aromatic carbocycles. The minimum Gasteiger partial charge on any atom is -0.334 e. The maximum absolute atomic E-state index is 12.7.